The van der Waals surface area contributed by atoms with Crippen LogP contribution in [0.4, 0.5) is 5.69 Å². The van der Waals surface area contributed by atoms with E-state index in [1.807, 2.05) is 58.2 Å². The molecule has 0 aliphatic rings. The van der Waals surface area contributed by atoms with Crippen LogP contribution in [0.3, 0.4) is 0 Å². The predicted molar refractivity (Wildman–Crippen MR) is 157 cm³/mol. The molecule has 0 aliphatic heterocycles. The van der Waals surface area contributed by atoms with E-state index in [-0.39, 0.29) is 5.78 Å². The summed E-state index contributed by atoms with van der Waals surface area (Å²) in [6.07, 6.45) is 7.84. The van der Waals surface area contributed by atoms with Crippen molar-refractivity contribution in [1.29, 1.82) is 0 Å². The van der Waals surface area contributed by atoms with Gasteiger partial charge in [-0.25, -0.2) is 4.99 Å². The molecule has 0 spiro atoms. The fourth-order valence-corrected chi connectivity index (χ4v) is 3.35. The number of carbonyl (C=O) groups excluding carboxylic acids is 2. The summed E-state index contributed by atoms with van der Waals surface area (Å²) in [7, 11) is 1.84. The molecule has 0 saturated heterocycles. The van der Waals surface area contributed by atoms with Gasteiger partial charge >= 0.3 is 0 Å². The van der Waals surface area contributed by atoms with Crippen LogP contribution in [0.5, 0.6) is 0 Å². The van der Waals surface area contributed by atoms with Crippen molar-refractivity contribution in [3.05, 3.63) is 84.0 Å². The molecule has 0 heterocycles. The normalized spacial score (nSPS) is 11.7. The number of hydrogen-bond donors (Lipinski definition) is 1. The lowest BCUT2D eigenvalue weighted by Gasteiger charge is -2.22. The molecular formula is C31H45N3O2. The van der Waals surface area contributed by atoms with Gasteiger partial charge in [-0.2, -0.15) is 0 Å². The molecule has 2 aromatic rings. The smallest absolute Gasteiger partial charge is 0.209 e. The van der Waals surface area contributed by atoms with Crippen molar-refractivity contribution < 1.29 is 9.59 Å². The Hall–Kier alpha value is -3.47. The second-order valence-corrected chi connectivity index (χ2v) is 8.23. The minimum absolute atomic E-state index is 0.0579. The van der Waals surface area contributed by atoms with Gasteiger partial charge in [0.15, 0.2) is 5.78 Å². The molecule has 0 radical (unpaired) electrons. The Balaban J connectivity index is 0.000000861. The Morgan fingerprint density at radius 2 is 1.58 bits per heavy atom. The second-order valence-electron chi connectivity index (χ2n) is 8.23. The number of ketones is 1. The van der Waals surface area contributed by atoms with E-state index in [4.69, 9.17) is 0 Å². The number of benzene rings is 2. The Morgan fingerprint density at radius 3 is 2.03 bits per heavy atom. The van der Waals surface area contributed by atoms with Gasteiger partial charge in [0.2, 0.25) is 6.41 Å². The van der Waals surface area contributed by atoms with Crippen LogP contribution >= 0.6 is 0 Å². The van der Waals surface area contributed by atoms with Gasteiger partial charge in [-0.15, -0.1) is 0 Å². The molecule has 0 bridgehead atoms. The molecule has 0 aromatic heterocycles. The number of carbonyl (C=O) groups is 2. The molecule has 1 atom stereocenters. The van der Waals surface area contributed by atoms with Crippen molar-refractivity contribution in [1.82, 2.24) is 4.90 Å². The summed E-state index contributed by atoms with van der Waals surface area (Å²) in [6, 6.07) is 16.0. The zero-order valence-corrected chi connectivity index (χ0v) is 23.5. The molecule has 5 heteroatoms. The fraction of sp³-hybridized carbons (Fsp3) is 0.387. The maximum atomic E-state index is 11.3. The highest BCUT2D eigenvalue weighted by molar-refractivity contribution is 5.98. The quantitative estimate of drug-likeness (QED) is 0.121. The minimum atomic E-state index is 0.0579. The molecule has 0 aliphatic carbocycles. The van der Waals surface area contributed by atoms with Gasteiger partial charge in [-0.05, 0) is 64.0 Å². The lowest BCUT2D eigenvalue weighted by Crippen LogP contribution is -2.29. The zero-order valence-electron chi connectivity index (χ0n) is 23.5. The topological polar surface area (TPSA) is 61.8 Å². The lowest BCUT2D eigenvalue weighted by atomic mass is 10.1. The van der Waals surface area contributed by atoms with E-state index in [0.717, 1.165) is 48.5 Å². The van der Waals surface area contributed by atoms with Crippen LogP contribution in [0.2, 0.25) is 0 Å². The number of aryl methyl sites for hydroxylation is 1. The SMILES string of the molecule is C=C/C=C(\N=C(C)Nc1ccc(C(C)=O)cc1)c1ccc(C)cc1.CC.CCCC(CC)N(C)C=O. The highest BCUT2D eigenvalue weighted by atomic mass is 16.1. The molecule has 1 unspecified atom stereocenters. The first-order chi connectivity index (χ1) is 17.2. The standard InChI is InChI=1S/C21H22N2O.C8H17NO.C2H6/c1-5-6-21(19-9-7-15(2)8-10-19)23-17(4)22-20-13-11-18(12-14-20)16(3)24;1-4-6-8(5-2)9(3)7-10;1-2/h5-14H,1H2,2-4H3,(H,22,23);7-8H,4-6H2,1-3H3;1-2H3/b21-6-;;. The third-order valence-electron chi connectivity index (χ3n) is 5.36. The number of allylic oxidation sites excluding steroid dienone is 2. The number of nitrogens with zero attached hydrogens (tertiary/aromatic N) is 2. The highest BCUT2D eigenvalue weighted by Gasteiger charge is 2.08. The van der Waals surface area contributed by atoms with E-state index in [1.165, 1.54) is 5.56 Å². The number of amidine groups is 1. The Bertz CT molecular complexity index is 974. The molecule has 36 heavy (non-hydrogen) atoms. The Kier molecular flexibility index (Phi) is 17.0. The van der Waals surface area contributed by atoms with Crippen LogP contribution < -0.4 is 5.32 Å². The fourth-order valence-electron chi connectivity index (χ4n) is 3.35. The monoisotopic (exact) mass is 491 g/mol. The second kappa shape index (κ2) is 18.8. The summed E-state index contributed by atoms with van der Waals surface area (Å²) in [5, 5.41) is 3.24. The summed E-state index contributed by atoms with van der Waals surface area (Å²) in [5.41, 5.74) is 4.68. The van der Waals surface area contributed by atoms with Crippen molar-refractivity contribution in [2.45, 2.75) is 73.8 Å². The van der Waals surface area contributed by atoms with Crippen LogP contribution in [0.15, 0.2) is 72.3 Å². The Morgan fingerprint density at radius 1 is 1.03 bits per heavy atom. The molecule has 5 nitrogen and oxygen atoms in total. The van der Waals surface area contributed by atoms with Crippen molar-refractivity contribution in [3.63, 3.8) is 0 Å². The van der Waals surface area contributed by atoms with Gasteiger partial charge in [0.1, 0.15) is 5.84 Å². The van der Waals surface area contributed by atoms with Gasteiger partial charge < -0.3 is 10.2 Å². The number of nitrogens with one attached hydrogen (secondary N) is 1. The van der Waals surface area contributed by atoms with E-state index >= 15 is 0 Å². The average Bonchev–Trinajstić information content (AvgIpc) is 2.89. The molecule has 0 saturated carbocycles. The van der Waals surface area contributed by atoms with Gasteiger partial charge in [0, 0.05) is 29.9 Å². The van der Waals surface area contributed by atoms with Crippen LogP contribution in [-0.2, 0) is 4.79 Å². The van der Waals surface area contributed by atoms with E-state index < -0.39 is 0 Å². The summed E-state index contributed by atoms with van der Waals surface area (Å²) in [6.45, 7) is 17.5. The largest absolute Gasteiger partial charge is 0.345 e. The summed E-state index contributed by atoms with van der Waals surface area (Å²) in [5.74, 6) is 0.821. The summed E-state index contributed by atoms with van der Waals surface area (Å²) < 4.78 is 0. The number of anilines is 1. The van der Waals surface area contributed by atoms with Crippen molar-refractivity contribution in [3.8, 4) is 0 Å². The number of rotatable bonds is 10. The van der Waals surface area contributed by atoms with Gasteiger partial charge in [-0.3, -0.25) is 9.59 Å². The molecule has 2 aromatic carbocycles. The van der Waals surface area contributed by atoms with E-state index in [9.17, 15) is 9.59 Å². The van der Waals surface area contributed by atoms with Gasteiger partial charge in [0.25, 0.3) is 0 Å². The van der Waals surface area contributed by atoms with Gasteiger partial charge in [-0.1, -0.05) is 76.6 Å². The first-order valence-corrected chi connectivity index (χ1v) is 12.8. The molecule has 196 valence electrons. The molecule has 1 N–H and O–H groups in total. The summed E-state index contributed by atoms with van der Waals surface area (Å²) in [4.78, 5) is 28.0. The molecule has 2 rings (SSSR count). The molecule has 1 amide bonds. The van der Waals surface area contributed by atoms with Crippen LogP contribution in [0.25, 0.3) is 5.70 Å². The van der Waals surface area contributed by atoms with Crippen molar-refractivity contribution in [2.75, 3.05) is 12.4 Å². The van der Waals surface area contributed by atoms with Crippen molar-refractivity contribution >= 4 is 29.4 Å². The van der Waals surface area contributed by atoms with E-state index in [2.05, 4.69) is 49.8 Å². The van der Waals surface area contributed by atoms with Crippen LogP contribution in [-0.4, -0.2) is 36.0 Å². The van der Waals surface area contributed by atoms with Crippen LogP contribution in [0.1, 0.15) is 82.3 Å². The van der Waals surface area contributed by atoms with E-state index in [0.29, 0.717) is 11.6 Å². The maximum absolute atomic E-state index is 11.3. The van der Waals surface area contributed by atoms with Crippen LogP contribution in [0, 0.1) is 6.92 Å². The van der Waals surface area contributed by atoms with Crippen molar-refractivity contribution in [2.24, 2.45) is 4.99 Å². The first kappa shape index (κ1) is 32.5. The first-order valence-electron chi connectivity index (χ1n) is 12.8. The van der Waals surface area contributed by atoms with E-state index in [1.54, 1.807) is 30.0 Å². The highest BCUT2D eigenvalue weighted by Crippen LogP contribution is 2.18. The minimum Gasteiger partial charge on any atom is -0.345 e. The molecular weight excluding hydrogens is 446 g/mol. The third kappa shape index (κ3) is 12.3. The number of Topliss-reactive ketones (excluding diaryl/α,β-unsaturated/α-hetero) is 1. The Labute approximate surface area is 219 Å². The number of aliphatic imine (C=N–C) groups is 1. The predicted octanol–water partition coefficient (Wildman–Crippen LogP) is 7.93. The average molecular weight is 492 g/mol. The molecule has 0 fully saturated rings. The maximum Gasteiger partial charge on any atom is 0.209 e. The van der Waals surface area contributed by atoms with Gasteiger partial charge in [0.05, 0.1) is 5.70 Å². The summed E-state index contributed by atoms with van der Waals surface area (Å²) >= 11 is 0. The number of hydrogen-bond acceptors (Lipinski definition) is 3. The third-order valence-corrected chi connectivity index (χ3v) is 5.36. The lowest BCUT2D eigenvalue weighted by molar-refractivity contribution is -0.119. The zero-order chi connectivity index (χ0) is 27.5. The number of amides is 1.